The highest BCUT2D eigenvalue weighted by atomic mass is 35.5. The summed E-state index contributed by atoms with van der Waals surface area (Å²) in [6.07, 6.45) is 5.23. The minimum Gasteiger partial charge on any atom is -0.369 e. The van der Waals surface area contributed by atoms with Crippen molar-refractivity contribution in [3.8, 4) is 0 Å². The first kappa shape index (κ1) is 11.2. The molecule has 0 saturated carbocycles. The molecule has 0 aliphatic heterocycles. The van der Waals surface area contributed by atoms with E-state index in [9.17, 15) is 0 Å². The summed E-state index contributed by atoms with van der Waals surface area (Å²) in [5, 5.41) is 3.80. The highest BCUT2D eigenvalue weighted by molar-refractivity contribution is 6.32. The fourth-order valence-electron chi connectivity index (χ4n) is 1.16. The van der Waals surface area contributed by atoms with Crippen LogP contribution >= 0.6 is 11.6 Å². The van der Waals surface area contributed by atoms with Crippen LogP contribution in [0.4, 0.5) is 5.82 Å². The maximum absolute atomic E-state index is 5.92. The van der Waals surface area contributed by atoms with E-state index in [0.717, 1.165) is 24.6 Å². The monoisotopic (exact) mass is 213 g/mol. The van der Waals surface area contributed by atoms with Gasteiger partial charge in [0.1, 0.15) is 16.7 Å². The molecule has 1 N–H and O–H groups in total. The van der Waals surface area contributed by atoms with Crippen molar-refractivity contribution in [2.45, 2.75) is 33.1 Å². The minimum atomic E-state index is 0.590. The van der Waals surface area contributed by atoms with Crippen LogP contribution in [0, 0.1) is 6.92 Å². The lowest BCUT2D eigenvalue weighted by Gasteiger charge is -2.06. The number of unbranched alkanes of at least 4 members (excludes halogenated alkanes) is 2. The van der Waals surface area contributed by atoms with Gasteiger partial charge in [-0.3, -0.25) is 0 Å². The van der Waals surface area contributed by atoms with Crippen molar-refractivity contribution in [1.29, 1.82) is 0 Å². The highest BCUT2D eigenvalue weighted by Gasteiger charge is 2.01. The first-order valence-electron chi connectivity index (χ1n) is 4.97. The SMILES string of the molecule is CCCCCNc1nc(C)ncc1Cl. The Morgan fingerprint density at radius 2 is 2.21 bits per heavy atom. The summed E-state index contributed by atoms with van der Waals surface area (Å²) in [5.74, 6) is 1.49. The van der Waals surface area contributed by atoms with E-state index in [1.807, 2.05) is 6.92 Å². The molecule has 1 rings (SSSR count). The second-order valence-electron chi connectivity index (χ2n) is 3.25. The fraction of sp³-hybridized carbons (Fsp3) is 0.600. The average molecular weight is 214 g/mol. The van der Waals surface area contributed by atoms with E-state index in [2.05, 4.69) is 22.2 Å². The Morgan fingerprint density at radius 3 is 2.93 bits per heavy atom. The Balaban J connectivity index is 2.45. The van der Waals surface area contributed by atoms with Gasteiger partial charge in [0.25, 0.3) is 0 Å². The number of nitrogens with one attached hydrogen (secondary N) is 1. The van der Waals surface area contributed by atoms with E-state index in [1.54, 1.807) is 6.20 Å². The number of halogens is 1. The topological polar surface area (TPSA) is 37.8 Å². The fourth-order valence-corrected chi connectivity index (χ4v) is 1.32. The van der Waals surface area contributed by atoms with E-state index in [4.69, 9.17) is 11.6 Å². The molecule has 78 valence electrons. The minimum absolute atomic E-state index is 0.590. The third kappa shape index (κ3) is 3.50. The van der Waals surface area contributed by atoms with Gasteiger partial charge in [-0.05, 0) is 13.3 Å². The first-order chi connectivity index (χ1) is 6.74. The van der Waals surface area contributed by atoms with E-state index >= 15 is 0 Å². The molecular formula is C10H16ClN3. The van der Waals surface area contributed by atoms with Crippen molar-refractivity contribution in [3.63, 3.8) is 0 Å². The molecule has 0 aliphatic rings. The van der Waals surface area contributed by atoms with Gasteiger partial charge in [-0.2, -0.15) is 0 Å². The zero-order chi connectivity index (χ0) is 10.4. The van der Waals surface area contributed by atoms with Crippen LogP contribution in [0.25, 0.3) is 0 Å². The lowest BCUT2D eigenvalue weighted by Crippen LogP contribution is -2.05. The molecule has 0 bridgehead atoms. The quantitative estimate of drug-likeness (QED) is 0.765. The summed E-state index contributed by atoms with van der Waals surface area (Å²) in [4.78, 5) is 8.22. The summed E-state index contributed by atoms with van der Waals surface area (Å²) in [5.41, 5.74) is 0. The number of hydrogen-bond acceptors (Lipinski definition) is 3. The van der Waals surface area contributed by atoms with Gasteiger partial charge in [0.15, 0.2) is 0 Å². The number of aryl methyl sites for hydroxylation is 1. The molecule has 14 heavy (non-hydrogen) atoms. The molecule has 0 fully saturated rings. The second-order valence-corrected chi connectivity index (χ2v) is 3.65. The third-order valence-electron chi connectivity index (χ3n) is 1.94. The van der Waals surface area contributed by atoms with E-state index in [-0.39, 0.29) is 0 Å². The van der Waals surface area contributed by atoms with Gasteiger partial charge in [0.2, 0.25) is 0 Å². The summed E-state index contributed by atoms with van der Waals surface area (Å²) < 4.78 is 0. The van der Waals surface area contributed by atoms with Gasteiger partial charge in [0.05, 0.1) is 6.20 Å². The molecule has 1 heterocycles. The predicted molar refractivity (Wildman–Crippen MR) is 59.8 cm³/mol. The molecular weight excluding hydrogens is 198 g/mol. The Hall–Kier alpha value is -0.830. The average Bonchev–Trinajstić information content (AvgIpc) is 2.18. The van der Waals surface area contributed by atoms with Gasteiger partial charge in [0, 0.05) is 6.54 Å². The maximum atomic E-state index is 5.92. The molecule has 4 heteroatoms. The molecule has 0 saturated heterocycles. The van der Waals surface area contributed by atoms with E-state index in [0.29, 0.717) is 5.02 Å². The molecule has 0 unspecified atom stereocenters. The zero-order valence-electron chi connectivity index (χ0n) is 8.68. The zero-order valence-corrected chi connectivity index (χ0v) is 9.43. The van der Waals surface area contributed by atoms with Crippen molar-refractivity contribution in [3.05, 3.63) is 17.0 Å². The molecule has 1 aromatic heterocycles. The number of nitrogens with zero attached hydrogens (tertiary/aromatic N) is 2. The Labute approximate surface area is 89.9 Å². The second kappa shape index (κ2) is 5.81. The van der Waals surface area contributed by atoms with Crippen LogP contribution in [0.2, 0.25) is 5.02 Å². The molecule has 0 amide bonds. The van der Waals surface area contributed by atoms with Crippen LogP contribution in [0.15, 0.2) is 6.20 Å². The molecule has 0 aliphatic carbocycles. The standard InChI is InChI=1S/C10H16ClN3/c1-3-4-5-6-12-10-9(11)7-13-8(2)14-10/h7H,3-6H2,1-2H3,(H,12,13,14). The van der Waals surface area contributed by atoms with Crippen LogP contribution in [0.1, 0.15) is 32.0 Å². The first-order valence-corrected chi connectivity index (χ1v) is 5.35. The molecule has 0 spiro atoms. The summed E-state index contributed by atoms with van der Waals surface area (Å²) >= 11 is 5.92. The Morgan fingerprint density at radius 1 is 1.43 bits per heavy atom. The largest absolute Gasteiger partial charge is 0.369 e. The maximum Gasteiger partial charge on any atom is 0.148 e. The van der Waals surface area contributed by atoms with Crippen LogP contribution < -0.4 is 5.32 Å². The van der Waals surface area contributed by atoms with Crippen molar-refractivity contribution in [1.82, 2.24) is 9.97 Å². The van der Waals surface area contributed by atoms with Crippen LogP contribution in [-0.2, 0) is 0 Å². The molecule has 1 aromatic rings. The number of hydrogen-bond donors (Lipinski definition) is 1. The lowest BCUT2D eigenvalue weighted by molar-refractivity contribution is 0.742. The highest BCUT2D eigenvalue weighted by Crippen LogP contribution is 2.17. The summed E-state index contributed by atoms with van der Waals surface area (Å²) in [6.45, 7) is 4.96. The van der Waals surface area contributed by atoms with Crippen LogP contribution in [0.3, 0.4) is 0 Å². The number of anilines is 1. The molecule has 3 nitrogen and oxygen atoms in total. The van der Waals surface area contributed by atoms with E-state index < -0.39 is 0 Å². The Kier molecular flexibility index (Phi) is 4.66. The molecule has 0 atom stereocenters. The van der Waals surface area contributed by atoms with Crippen molar-refractivity contribution in [2.24, 2.45) is 0 Å². The number of rotatable bonds is 5. The van der Waals surface area contributed by atoms with Gasteiger partial charge < -0.3 is 5.32 Å². The lowest BCUT2D eigenvalue weighted by atomic mass is 10.2. The van der Waals surface area contributed by atoms with Gasteiger partial charge in [-0.15, -0.1) is 0 Å². The van der Waals surface area contributed by atoms with Gasteiger partial charge in [-0.1, -0.05) is 31.4 Å². The van der Waals surface area contributed by atoms with Crippen LogP contribution in [0.5, 0.6) is 0 Å². The predicted octanol–water partition coefficient (Wildman–Crippen LogP) is 3.04. The van der Waals surface area contributed by atoms with Gasteiger partial charge >= 0.3 is 0 Å². The summed E-state index contributed by atoms with van der Waals surface area (Å²) in [6, 6.07) is 0. The van der Waals surface area contributed by atoms with Crippen LogP contribution in [-0.4, -0.2) is 16.5 Å². The summed E-state index contributed by atoms with van der Waals surface area (Å²) in [7, 11) is 0. The number of aromatic nitrogens is 2. The molecule has 0 aromatic carbocycles. The van der Waals surface area contributed by atoms with Crippen molar-refractivity contribution >= 4 is 17.4 Å². The Bertz CT molecular complexity index is 289. The van der Waals surface area contributed by atoms with Gasteiger partial charge in [-0.25, -0.2) is 9.97 Å². The van der Waals surface area contributed by atoms with E-state index in [1.165, 1.54) is 12.8 Å². The smallest absolute Gasteiger partial charge is 0.148 e. The normalized spacial score (nSPS) is 10.2. The van der Waals surface area contributed by atoms with Crippen molar-refractivity contribution < 1.29 is 0 Å². The van der Waals surface area contributed by atoms with Crippen molar-refractivity contribution in [2.75, 3.05) is 11.9 Å². The molecule has 0 radical (unpaired) electrons. The third-order valence-corrected chi connectivity index (χ3v) is 2.21.